The van der Waals surface area contributed by atoms with Crippen molar-refractivity contribution in [3.05, 3.63) is 23.8 Å². The quantitative estimate of drug-likeness (QED) is 0.733. The van der Waals surface area contributed by atoms with Crippen LogP contribution in [0.4, 0.5) is 0 Å². The molecule has 0 aromatic carbocycles. The van der Waals surface area contributed by atoms with Crippen LogP contribution in [0.2, 0.25) is 0 Å². The van der Waals surface area contributed by atoms with Crippen LogP contribution in [0.3, 0.4) is 0 Å². The zero-order valence-corrected chi connectivity index (χ0v) is 7.62. The Hall–Kier alpha value is -0.960. The fourth-order valence-corrected chi connectivity index (χ4v) is 1.12. The first-order valence-electron chi connectivity index (χ1n) is 4.27. The highest BCUT2D eigenvalue weighted by Gasteiger charge is 2.09. The van der Waals surface area contributed by atoms with Crippen LogP contribution >= 0.6 is 0 Å². The van der Waals surface area contributed by atoms with Crippen LogP contribution in [-0.4, -0.2) is 16.5 Å². The number of hydrogen-bond acceptors (Lipinski definition) is 3. The van der Waals surface area contributed by atoms with Gasteiger partial charge in [0.1, 0.15) is 5.82 Å². The van der Waals surface area contributed by atoms with Gasteiger partial charge in [-0.3, -0.25) is 0 Å². The molecule has 1 atom stereocenters. The van der Waals surface area contributed by atoms with Gasteiger partial charge >= 0.3 is 0 Å². The van der Waals surface area contributed by atoms with Crippen molar-refractivity contribution in [3.8, 4) is 0 Å². The number of nitrogens with two attached hydrogens (primary N) is 1. The van der Waals surface area contributed by atoms with E-state index in [0.717, 1.165) is 17.9 Å². The van der Waals surface area contributed by atoms with Crippen LogP contribution in [0.15, 0.2) is 12.3 Å². The van der Waals surface area contributed by atoms with E-state index in [4.69, 9.17) is 5.73 Å². The van der Waals surface area contributed by atoms with Crippen LogP contribution in [0.25, 0.3) is 0 Å². The lowest BCUT2D eigenvalue weighted by atomic mass is 10.1. The highest BCUT2D eigenvalue weighted by atomic mass is 14.9. The minimum absolute atomic E-state index is 0.310. The maximum absolute atomic E-state index is 5.59. The number of aromatic nitrogens is 2. The molecule has 12 heavy (non-hydrogen) atoms. The van der Waals surface area contributed by atoms with Crippen molar-refractivity contribution in [2.75, 3.05) is 6.54 Å². The van der Waals surface area contributed by atoms with Crippen molar-refractivity contribution in [1.29, 1.82) is 0 Å². The molecule has 3 nitrogen and oxygen atoms in total. The summed E-state index contributed by atoms with van der Waals surface area (Å²) in [5.41, 5.74) is 6.59. The normalized spacial score (nSPS) is 12.9. The van der Waals surface area contributed by atoms with Gasteiger partial charge in [-0.15, -0.1) is 0 Å². The molecule has 1 rings (SSSR count). The lowest BCUT2D eigenvalue weighted by Crippen LogP contribution is -2.14. The van der Waals surface area contributed by atoms with Crippen molar-refractivity contribution in [1.82, 2.24) is 9.97 Å². The van der Waals surface area contributed by atoms with Gasteiger partial charge < -0.3 is 5.73 Å². The second kappa shape index (κ2) is 4.16. The zero-order valence-electron chi connectivity index (χ0n) is 7.62. The summed E-state index contributed by atoms with van der Waals surface area (Å²) in [5.74, 6) is 1.19. The third-order valence-corrected chi connectivity index (χ3v) is 1.96. The first-order chi connectivity index (χ1) is 5.77. The summed E-state index contributed by atoms with van der Waals surface area (Å²) in [6, 6.07) is 1.90. The summed E-state index contributed by atoms with van der Waals surface area (Å²) < 4.78 is 0. The standard InChI is InChI=1S/C9H15N3/c1-3-8(6-10)9-11-5-4-7(2)12-9/h4-5,8H,3,6,10H2,1-2H3. The molecule has 0 radical (unpaired) electrons. The van der Waals surface area contributed by atoms with E-state index in [2.05, 4.69) is 16.9 Å². The third-order valence-electron chi connectivity index (χ3n) is 1.96. The van der Waals surface area contributed by atoms with E-state index in [0.29, 0.717) is 12.5 Å². The van der Waals surface area contributed by atoms with Crippen LogP contribution in [0.1, 0.15) is 30.8 Å². The molecular weight excluding hydrogens is 150 g/mol. The second-order valence-corrected chi connectivity index (χ2v) is 2.90. The van der Waals surface area contributed by atoms with E-state index >= 15 is 0 Å². The van der Waals surface area contributed by atoms with Gasteiger partial charge in [0.2, 0.25) is 0 Å². The summed E-state index contributed by atoms with van der Waals surface area (Å²) in [4.78, 5) is 8.51. The van der Waals surface area contributed by atoms with Crippen LogP contribution in [-0.2, 0) is 0 Å². The van der Waals surface area contributed by atoms with Crippen molar-refractivity contribution in [2.24, 2.45) is 5.73 Å². The fraction of sp³-hybridized carbons (Fsp3) is 0.556. The Morgan fingerprint density at radius 2 is 2.33 bits per heavy atom. The molecule has 66 valence electrons. The number of aryl methyl sites for hydroxylation is 1. The maximum Gasteiger partial charge on any atom is 0.132 e. The molecule has 0 aliphatic heterocycles. The summed E-state index contributed by atoms with van der Waals surface area (Å²) in [7, 11) is 0. The second-order valence-electron chi connectivity index (χ2n) is 2.90. The van der Waals surface area contributed by atoms with Crippen molar-refractivity contribution in [2.45, 2.75) is 26.2 Å². The molecule has 0 saturated heterocycles. The van der Waals surface area contributed by atoms with Gasteiger partial charge in [-0.2, -0.15) is 0 Å². The minimum atomic E-state index is 0.310. The smallest absolute Gasteiger partial charge is 0.132 e. The molecule has 1 aromatic rings. The largest absolute Gasteiger partial charge is 0.330 e. The van der Waals surface area contributed by atoms with Gasteiger partial charge in [-0.05, 0) is 19.4 Å². The summed E-state index contributed by atoms with van der Waals surface area (Å²) >= 11 is 0. The fourth-order valence-electron chi connectivity index (χ4n) is 1.12. The molecule has 0 bridgehead atoms. The molecule has 0 saturated carbocycles. The summed E-state index contributed by atoms with van der Waals surface area (Å²) in [6.07, 6.45) is 2.79. The molecule has 0 aliphatic carbocycles. The van der Waals surface area contributed by atoms with E-state index in [1.807, 2.05) is 13.0 Å². The van der Waals surface area contributed by atoms with Gasteiger partial charge in [0.05, 0.1) is 0 Å². The van der Waals surface area contributed by atoms with E-state index in [9.17, 15) is 0 Å². The first-order valence-corrected chi connectivity index (χ1v) is 4.27. The van der Waals surface area contributed by atoms with Crippen LogP contribution in [0, 0.1) is 6.92 Å². The van der Waals surface area contributed by atoms with Crippen LogP contribution in [0.5, 0.6) is 0 Å². The molecule has 0 fully saturated rings. The van der Waals surface area contributed by atoms with Gasteiger partial charge in [-0.1, -0.05) is 6.92 Å². The Labute approximate surface area is 73.0 Å². The van der Waals surface area contributed by atoms with Crippen molar-refractivity contribution < 1.29 is 0 Å². The van der Waals surface area contributed by atoms with Gasteiger partial charge in [0, 0.05) is 24.4 Å². The molecule has 2 N–H and O–H groups in total. The van der Waals surface area contributed by atoms with E-state index < -0.39 is 0 Å². The SMILES string of the molecule is CCC(CN)c1nccc(C)n1. The number of nitrogens with zero attached hydrogens (tertiary/aromatic N) is 2. The molecule has 0 aliphatic rings. The van der Waals surface area contributed by atoms with Gasteiger partial charge in [0.25, 0.3) is 0 Å². The molecule has 0 amide bonds. The predicted octanol–water partition coefficient (Wildman–Crippen LogP) is 1.24. The predicted molar refractivity (Wildman–Crippen MR) is 48.9 cm³/mol. The lowest BCUT2D eigenvalue weighted by molar-refractivity contribution is 0.627. The monoisotopic (exact) mass is 165 g/mol. The van der Waals surface area contributed by atoms with Gasteiger partial charge in [-0.25, -0.2) is 9.97 Å². The zero-order chi connectivity index (χ0) is 8.97. The summed E-state index contributed by atoms with van der Waals surface area (Å²) in [5, 5.41) is 0. The Morgan fingerprint density at radius 3 is 2.83 bits per heavy atom. The first kappa shape index (κ1) is 9.13. The van der Waals surface area contributed by atoms with Gasteiger partial charge in [0.15, 0.2) is 0 Å². The maximum atomic E-state index is 5.59. The average Bonchev–Trinajstić information content (AvgIpc) is 2.07. The Bertz CT molecular complexity index is 243. The van der Waals surface area contributed by atoms with E-state index in [1.165, 1.54) is 0 Å². The molecule has 1 heterocycles. The Morgan fingerprint density at radius 1 is 1.58 bits per heavy atom. The third kappa shape index (κ3) is 2.01. The molecule has 1 unspecified atom stereocenters. The van der Waals surface area contributed by atoms with Crippen molar-refractivity contribution in [3.63, 3.8) is 0 Å². The summed E-state index contributed by atoms with van der Waals surface area (Å²) in [6.45, 7) is 4.69. The van der Waals surface area contributed by atoms with E-state index in [-0.39, 0.29) is 0 Å². The average molecular weight is 165 g/mol. The highest BCUT2D eigenvalue weighted by Crippen LogP contribution is 2.12. The Kier molecular flexibility index (Phi) is 3.17. The topological polar surface area (TPSA) is 51.8 Å². The van der Waals surface area contributed by atoms with Crippen LogP contribution < -0.4 is 5.73 Å². The molecule has 1 aromatic heterocycles. The molecular formula is C9H15N3. The number of rotatable bonds is 3. The Balaban J connectivity index is 2.85. The lowest BCUT2D eigenvalue weighted by Gasteiger charge is -2.09. The minimum Gasteiger partial charge on any atom is -0.330 e. The highest BCUT2D eigenvalue weighted by molar-refractivity contribution is 5.03. The molecule has 3 heteroatoms. The number of hydrogen-bond donors (Lipinski definition) is 1. The molecule has 0 spiro atoms. The van der Waals surface area contributed by atoms with E-state index in [1.54, 1.807) is 6.20 Å². The van der Waals surface area contributed by atoms with Crippen molar-refractivity contribution >= 4 is 0 Å².